The summed E-state index contributed by atoms with van der Waals surface area (Å²) in [7, 11) is 0. The van der Waals surface area contributed by atoms with E-state index in [2.05, 4.69) is 22.2 Å². The number of thioether (sulfide) groups is 1. The first-order valence-corrected chi connectivity index (χ1v) is 8.23. The van der Waals surface area contributed by atoms with E-state index in [9.17, 15) is 0 Å². The molecule has 1 fully saturated rings. The van der Waals surface area contributed by atoms with E-state index in [1.54, 1.807) is 0 Å². The number of fused-ring (bicyclic) bond motifs is 1. The number of nitrogen functional groups attached to an aromatic ring is 1. The second-order valence-electron chi connectivity index (χ2n) is 5.12. The third-order valence-corrected chi connectivity index (χ3v) is 5.08. The molecule has 1 aliphatic rings. The van der Waals surface area contributed by atoms with Crippen molar-refractivity contribution in [2.24, 2.45) is 0 Å². The molecular weight excluding hydrogens is 268 g/mol. The molecule has 3 rings (SSSR count). The highest BCUT2D eigenvalue weighted by Crippen LogP contribution is 2.32. The van der Waals surface area contributed by atoms with Crippen LogP contribution in [0.25, 0.3) is 11.0 Å². The number of para-hydroxylation sites is 2. The molecular formula is C15H20N4S. The van der Waals surface area contributed by atoms with Gasteiger partial charge in [-0.3, -0.25) is 0 Å². The van der Waals surface area contributed by atoms with E-state index >= 15 is 0 Å². The summed E-state index contributed by atoms with van der Waals surface area (Å²) in [6.45, 7) is 2.21. The molecule has 1 saturated carbocycles. The summed E-state index contributed by atoms with van der Waals surface area (Å²) in [5, 5.41) is 4.18. The van der Waals surface area contributed by atoms with Gasteiger partial charge in [0.1, 0.15) is 0 Å². The molecule has 2 unspecified atom stereocenters. The Morgan fingerprint density at radius 1 is 1.25 bits per heavy atom. The molecule has 0 aliphatic heterocycles. The zero-order valence-corrected chi connectivity index (χ0v) is 12.5. The van der Waals surface area contributed by atoms with Gasteiger partial charge in [0.25, 0.3) is 0 Å². The van der Waals surface area contributed by atoms with Crippen LogP contribution < -0.4 is 11.1 Å². The van der Waals surface area contributed by atoms with Crippen LogP contribution in [0, 0.1) is 0 Å². The number of rotatable bonds is 4. The van der Waals surface area contributed by atoms with E-state index in [1.165, 1.54) is 19.3 Å². The Bertz CT molecular complexity index is 601. The molecule has 0 bridgehead atoms. The maximum Gasteiger partial charge on any atom is 0.169 e. The van der Waals surface area contributed by atoms with Gasteiger partial charge in [-0.2, -0.15) is 11.8 Å². The van der Waals surface area contributed by atoms with Gasteiger partial charge in [0.15, 0.2) is 11.6 Å². The Kier molecular flexibility index (Phi) is 3.96. The summed E-state index contributed by atoms with van der Waals surface area (Å²) in [5.74, 6) is 2.38. The summed E-state index contributed by atoms with van der Waals surface area (Å²) in [4.78, 5) is 9.06. The molecule has 2 atom stereocenters. The van der Waals surface area contributed by atoms with Crippen LogP contribution in [0.2, 0.25) is 0 Å². The quantitative estimate of drug-likeness (QED) is 0.903. The van der Waals surface area contributed by atoms with Crippen molar-refractivity contribution < 1.29 is 0 Å². The molecule has 106 valence electrons. The van der Waals surface area contributed by atoms with Gasteiger partial charge in [0, 0.05) is 11.3 Å². The van der Waals surface area contributed by atoms with Crippen molar-refractivity contribution in [2.45, 2.75) is 37.5 Å². The Balaban J connectivity index is 1.84. The lowest BCUT2D eigenvalue weighted by Crippen LogP contribution is -2.27. The fourth-order valence-corrected chi connectivity index (χ4v) is 4.00. The Hall–Kier alpha value is -1.49. The minimum absolute atomic E-state index is 0.456. The molecule has 4 nitrogen and oxygen atoms in total. The number of benzene rings is 1. The van der Waals surface area contributed by atoms with Crippen LogP contribution in [-0.4, -0.2) is 27.0 Å². The number of hydrogen-bond acceptors (Lipinski definition) is 5. The van der Waals surface area contributed by atoms with Gasteiger partial charge < -0.3 is 11.1 Å². The minimum Gasteiger partial charge on any atom is -0.381 e. The number of nitrogens with two attached hydrogens (primary N) is 1. The first-order valence-electron chi connectivity index (χ1n) is 7.18. The SMILES string of the molecule is CCSC1CCCC1Nc1nc2ccccc2nc1N. The molecule has 1 aromatic carbocycles. The fraction of sp³-hybridized carbons (Fsp3) is 0.467. The fourth-order valence-electron chi connectivity index (χ4n) is 2.80. The van der Waals surface area contributed by atoms with Crippen LogP contribution in [0.5, 0.6) is 0 Å². The zero-order valence-electron chi connectivity index (χ0n) is 11.7. The average Bonchev–Trinajstić information content (AvgIpc) is 2.87. The number of anilines is 2. The zero-order chi connectivity index (χ0) is 13.9. The Labute approximate surface area is 123 Å². The van der Waals surface area contributed by atoms with Crippen molar-refractivity contribution >= 4 is 34.4 Å². The predicted molar refractivity (Wildman–Crippen MR) is 87.1 cm³/mol. The maximum absolute atomic E-state index is 6.04. The van der Waals surface area contributed by atoms with Crippen molar-refractivity contribution in [3.8, 4) is 0 Å². The third-order valence-electron chi connectivity index (χ3n) is 3.75. The average molecular weight is 288 g/mol. The van der Waals surface area contributed by atoms with Gasteiger partial charge in [-0.1, -0.05) is 25.5 Å². The molecule has 0 saturated heterocycles. The summed E-state index contributed by atoms with van der Waals surface area (Å²) < 4.78 is 0. The normalized spacial score (nSPS) is 22.2. The predicted octanol–water partition coefficient (Wildman–Crippen LogP) is 3.30. The van der Waals surface area contributed by atoms with E-state index in [-0.39, 0.29) is 0 Å². The van der Waals surface area contributed by atoms with Gasteiger partial charge in [-0.25, -0.2) is 9.97 Å². The van der Waals surface area contributed by atoms with Gasteiger partial charge in [0.05, 0.1) is 11.0 Å². The largest absolute Gasteiger partial charge is 0.381 e. The van der Waals surface area contributed by atoms with Crippen molar-refractivity contribution in [1.82, 2.24) is 9.97 Å². The number of nitrogens with one attached hydrogen (secondary N) is 1. The summed E-state index contributed by atoms with van der Waals surface area (Å²) in [6, 6.07) is 8.29. The highest BCUT2D eigenvalue weighted by Gasteiger charge is 2.27. The highest BCUT2D eigenvalue weighted by molar-refractivity contribution is 7.99. The molecule has 0 spiro atoms. The number of aromatic nitrogens is 2. The number of nitrogens with zero attached hydrogens (tertiary/aromatic N) is 2. The van der Waals surface area contributed by atoms with Crippen molar-refractivity contribution in [3.63, 3.8) is 0 Å². The molecule has 0 amide bonds. The van der Waals surface area contributed by atoms with Gasteiger partial charge in [-0.15, -0.1) is 0 Å². The Morgan fingerprint density at radius 3 is 2.75 bits per heavy atom. The van der Waals surface area contributed by atoms with Crippen LogP contribution in [0.3, 0.4) is 0 Å². The maximum atomic E-state index is 6.04. The first-order chi connectivity index (χ1) is 9.78. The van der Waals surface area contributed by atoms with Crippen molar-refractivity contribution in [2.75, 3.05) is 16.8 Å². The lowest BCUT2D eigenvalue weighted by molar-refractivity contribution is 0.763. The lowest BCUT2D eigenvalue weighted by atomic mass is 10.2. The van der Waals surface area contributed by atoms with E-state index in [4.69, 9.17) is 5.73 Å². The van der Waals surface area contributed by atoms with E-state index in [0.717, 1.165) is 22.6 Å². The van der Waals surface area contributed by atoms with Crippen LogP contribution in [0.4, 0.5) is 11.6 Å². The summed E-state index contributed by atoms with van der Waals surface area (Å²) >= 11 is 2.02. The molecule has 3 N–H and O–H groups in total. The third kappa shape index (κ3) is 2.68. The molecule has 2 aromatic rings. The lowest BCUT2D eigenvalue weighted by Gasteiger charge is -2.21. The second-order valence-corrected chi connectivity index (χ2v) is 6.64. The van der Waals surface area contributed by atoms with E-state index in [1.807, 2.05) is 36.0 Å². The Morgan fingerprint density at radius 2 is 2.00 bits per heavy atom. The monoisotopic (exact) mass is 288 g/mol. The van der Waals surface area contributed by atoms with Gasteiger partial charge in [0.2, 0.25) is 0 Å². The van der Waals surface area contributed by atoms with Crippen LogP contribution in [-0.2, 0) is 0 Å². The van der Waals surface area contributed by atoms with Gasteiger partial charge in [-0.05, 0) is 30.7 Å². The van der Waals surface area contributed by atoms with E-state index < -0.39 is 0 Å². The van der Waals surface area contributed by atoms with E-state index in [0.29, 0.717) is 17.1 Å². The van der Waals surface area contributed by atoms with Gasteiger partial charge >= 0.3 is 0 Å². The second kappa shape index (κ2) is 5.87. The van der Waals surface area contributed by atoms with Crippen LogP contribution in [0.15, 0.2) is 24.3 Å². The molecule has 1 aliphatic carbocycles. The summed E-state index contributed by atoms with van der Waals surface area (Å²) in [6.07, 6.45) is 3.74. The van der Waals surface area contributed by atoms with Crippen LogP contribution in [0.1, 0.15) is 26.2 Å². The first kappa shape index (κ1) is 13.5. The van der Waals surface area contributed by atoms with Crippen molar-refractivity contribution in [3.05, 3.63) is 24.3 Å². The molecule has 1 heterocycles. The standard InChI is InChI=1S/C15H20N4S/c1-2-20-13-9-5-8-12(13)19-15-14(16)17-10-6-3-4-7-11(10)18-15/h3-4,6-7,12-13H,2,5,8-9H2,1H3,(H2,16,17)(H,18,19). The molecule has 5 heteroatoms. The minimum atomic E-state index is 0.456. The number of hydrogen-bond donors (Lipinski definition) is 2. The topological polar surface area (TPSA) is 63.8 Å². The smallest absolute Gasteiger partial charge is 0.169 e. The molecule has 1 aromatic heterocycles. The van der Waals surface area contributed by atoms with Crippen LogP contribution >= 0.6 is 11.8 Å². The van der Waals surface area contributed by atoms with Crippen molar-refractivity contribution in [1.29, 1.82) is 0 Å². The summed E-state index contributed by atoms with van der Waals surface area (Å²) in [5.41, 5.74) is 7.78. The highest BCUT2D eigenvalue weighted by atomic mass is 32.2. The molecule has 0 radical (unpaired) electrons. The molecule has 20 heavy (non-hydrogen) atoms.